The molecule has 0 aromatic rings. The fraction of sp³-hybridized carbons (Fsp3) is 0.923. The molecular weight excluding hydrogens is 230 g/mol. The minimum absolute atomic E-state index is 0.114. The van der Waals surface area contributed by atoms with Gasteiger partial charge in [-0.3, -0.25) is 14.6 Å². The Morgan fingerprint density at radius 1 is 1.33 bits per heavy atom. The van der Waals surface area contributed by atoms with Crippen LogP contribution in [0.4, 0.5) is 0 Å². The van der Waals surface area contributed by atoms with E-state index in [1.807, 2.05) is 0 Å². The van der Waals surface area contributed by atoms with E-state index in [0.29, 0.717) is 6.04 Å². The fourth-order valence-electron chi connectivity index (χ4n) is 3.90. The molecule has 0 radical (unpaired) electrons. The minimum atomic E-state index is -0.667. The third-order valence-corrected chi connectivity index (χ3v) is 5.21. The minimum Gasteiger partial charge on any atom is -0.481 e. The van der Waals surface area contributed by atoms with Crippen LogP contribution >= 0.6 is 0 Å². The summed E-state index contributed by atoms with van der Waals surface area (Å²) in [5.41, 5.74) is -0.114. The number of hydrogen-bond acceptors (Lipinski definition) is 4. The van der Waals surface area contributed by atoms with E-state index in [-0.39, 0.29) is 12.0 Å². The molecule has 0 aromatic heterocycles. The summed E-state index contributed by atoms with van der Waals surface area (Å²) in [4.78, 5) is 16.1. The van der Waals surface area contributed by atoms with Gasteiger partial charge in [-0.2, -0.15) is 0 Å². The van der Waals surface area contributed by atoms with E-state index in [0.717, 1.165) is 32.2 Å². The van der Waals surface area contributed by atoms with Gasteiger partial charge in [-0.1, -0.05) is 0 Å². The second kappa shape index (κ2) is 4.47. The normalized spacial score (nSPS) is 36.1. The average molecular weight is 253 g/mol. The van der Waals surface area contributed by atoms with Crippen LogP contribution in [0.25, 0.3) is 0 Å². The zero-order chi connectivity index (χ0) is 12.8. The first-order chi connectivity index (χ1) is 8.61. The molecular formula is C13H23N3O2. The van der Waals surface area contributed by atoms with Gasteiger partial charge in [-0.05, 0) is 26.3 Å². The summed E-state index contributed by atoms with van der Waals surface area (Å²) in [7, 11) is 2.23. The fourth-order valence-corrected chi connectivity index (χ4v) is 3.90. The highest BCUT2D eigenvalue weighted by molar-refractivity contribution is 5.68. The van der Waals surface area contributed by atoms with Crippen molar-refractivity contribution in [3.63, 3.8) is 0 Å². The highest BCUT2D eigenvalue weighted by Crippen LogP contribution is 2.34. The number of carboxylic acid groups (broad SMARTS) is 1. The summed E-state index contributed by atoms with van der Waals surface area (Å²) in [6, 6.07) is 1.35. The summed E-state index contributed by atoms with van der Waals surface area (Å²) in [5, 5.41) is 12.4. The van der Waals surface area contributed by atoms with Crippen molar-refractivity contribution < 1.29 is 9.90 Å². The lowest BCUT2D eigenvalue weighted by Gasteiger charge is -2.50. The molecule has 3 rings (SSSR count). The van der Waals surface area contributed by atoms with Gasteiger partial charge in [0.05, 0.1) is 12.0 Å². The molecule has 0 spiro atoms. The van der Waals surface area contributed by atoms with E-state index in [9.17, 15) is 4.79 Å². The van der Waals surface area contributed by atoms with Gasteiger partial charge in [-0.15, -0.1) is 0 Å². The van der Waals surface area contributed by atoms with Crippen molar-refractivity contribution in [3.8, 4) is 0 Å². The predicted molar refractivity (Wildman–Crippen MR) is 68.6 cm³/mol. The van der Waals surface area contributed by atoms with Crippen molar-refractivity contribution in [1.29, 1.82) is 0 Å². The van der Waals surface area contributed by atoms with Crippen LogP contribution < -0.4 is 5.32 Å². The lowest BCUT2D eigenvalue weighted by molar-refractivity contribution is -0.142. The maximum absolute atomic E-state index is 11.1. The zero-order valence-electron chi connectivity index (χ0n) is 11.1. The molecule has 18 heavy (non-hydrogen) atoms. The third kappa shape index (κ3) is 1.94. The molecule has 3 saturated heterocycles. The molecule has 3 heterocycles. The molecule has 2 N–H and O–H groups in total. The zero-order valence-corrected chi connectivity index (χ0v) is 11.1. The maximum Gasteiger partial charge on any atom is 0.305 e. The number of rotatable bonds is 3. The molecule has 3 aliphatic rings. The Balaban J connectivity index is 1.74. The Bertz CT molecular complexity index is 343. The molecule has 2 unspecified atom stereocenters. The Kier molecular flexibility index (Phi) is 3.08. The highest BCUT2D eigenvalue weighted by Gasteiger charge is 2.47. The van der Waals surface area contributed by atoms with Gasteiger partial charge < -0.3 is 10.4 Å². The van der Waals surface area contributed by atoms with Crippen LogP contribution in [-0.2, 0) is 4.79 Å². The number of fused-ring (bicyclic) bond motifs is 2. The first-order valence-electron chi connectivity index (χ1n) is 7.00. The monoisotopic (exact) mass is 253 g/mol. The van der Waals surface area contributed by atoms with Gasteiger partial charge in [0, 0.05) is 38.3 Å². The Morgan fingerprint density at radius 3 is 2.67 bits per heavy atom. The van der Waals surface area contributed by atoms with Crippen LogP contribution in [0.1, 0.15) is 25.7 Å². The lowest BCUT2D eigenvalue weighted by atomic mass is 9.85. The van der Waals surface area contributed by atoms with E-state index >= 15 is 0 Å². The quantitative estimate of drug-likeness (QED) is 0.740. The van der Waals surface area contributed by atoms with Crippen LogP contribution in [0.5, 0.6) is 0 Å². The molecule has 0 aliphatic carbocycles. The SMILES string of the molecule is CN1C2CCC1CN(C1(CC(=O)O)CNC1)CC2. The van der Waals surface area contributed by atoms with Gasteiger partial charge in [0.1, 0.15) is 0 Å². The van der Waals surface area contributed by atoms with Gasteiger partial charge in [0.2, 0.25) is 0 Å². The number of aliphatic carboxylic acids is 1. The highest BCUT2D eigenvalue weighted by atomic mass is 16.4. The van der Waals surface area contributed by atoms with Gasteiger partial charge in [0.15, 0.2) is 0 Å². The van der Waals surface area contributed by atoms with E-state index in [1.165, 1.54) is 19.3 Å². The summed E-state index contributed by atoms with van der Waals surface area (Å²) >= 11 is 0. The van der Waals surface area contributed by atoms with E-state index in [4.69, 9.17) is 5.11 Å². The van der Waals surface area contributed by atoms with E-state index < -0.39 is 5.97 Å². The molecule has 5 nitrogen and oxygen atoms in total. The molecule has 0 amide bonds. The molecule has 102 valence electrons. The largest absolute Gasteiger partial charge is 0.481 e. The summed E-state index contributed by atoms with van der Waals surface area (Å²) in [6.07, 6.45) is 4.06. The standard InChI is InChI=1S/C13H23N3O2/c1-15-10-2-3-11(15)7-16(5-4-10)13(6-12(17)18)8-14-9-13/h10-11,14H,2-9H2,1H3,(H,17,18). The van der Waals surface area contributed by atoms with Crippen molar-refractivity contribution in [2.45, 2.75) is 43.3 Å². The van der Waals surface area contributed by atoms with E-state index in [1.54, 1.807) is 0 Å². The van der Waals surface area contributed by atoms with Crippen molar-refractivity contribution in [1.82, 2.24) is 15.1 Å². The molecule has 2 atom stereocenters. The topological polar surface area (TPSA) is 55.8 Å². The number of likely N-dealkylation sites (N-methyl/N-ethyl adjacent to an activating group) is 1. The average Bonchev–Trinajstić information content (AvgIpc) is 2.48. The third-order valence-electron chi connectivity index (χ3n) is 5.21. The smallest absolute Gasteiger partial charge is 0.305 e. The van der Waals surface area contributed by atoms with Gasteiger partial charge >= 0.3 is 5.97 Å². The molecule has 5 heteroatoms. The number of nitrogens with one attached hydrogen (secondary N) is 1. The number of likely N-dealkylation sites (tertiary alicyclic amines) is 1. The molecule has 3 fully saturated rings. The second-order valence-electron chi connectivity index (χ2n) is 6.18. The summed E-state index contributed by atoms with van der Waals surface area (Å²) in [6.45, 7) is 3.77. The Labute approximate surface area is 108 Å². The Morgan fingerprint density at radius 2 is 2.06 bits per heavy atom. The number of carbonyl (C=O) groups is 1. The second-order valence-corrected chi connectivity index (χ2v) is 6.18. The number of hydrogen-bond donors (Lipinski definition) is 2. The Hall–Kier alpha value is -0.650. The molecule has 3 aliphatic heterocycles. The summed E-state index contributed by atoms with van der Waals surface area (Å²) in [5.74, 6) is -0.667. The van der Waals surface area contributed by atoms with Crippen molar-refractivity contribution in [3.05, 3.63) is 0 Å². The van der Waals surface area contributed by atoms with Crippen molar-refractivity contribution >= 4 is 5.97 Å². The first-order valence-corrected chi connectivity index (χ1v) is 7.00. The van der Waals surface area contributed by atoms with Gasteiger partial charge in [-0.25, -0.2) is 0 Å². The molecule has 2 bridgehead atoms. The van der Waals surface area contributed by atoms with Crippen LogP contribution in [-0.4, -0.2) is 71.7 Å². The predicted octanol–water partition coefficient (Wildman–Crippen LogP) is -0.0284. The van der Waals surface area contributed by atoms with Crippen molar-refractivity contribution in [2.24, 2.45) is 0 Å². The lowest BCUT2D eigenvalue weighted by Crippen LogP contribution is -2.70. The van der Waals surface area contributed by atoms with Gasteiger partial charge in [0.25, 0.3) is 0 Å². The molecule has 0 saturated carbocycles. The number of nitrogens with zero attached hydrogens (tertiary/aromatic N) is 2. The van der Waals surface area contributed by atoms with Crippen molar-refractivity contribution in [2.75, 3.05) is 33.2 Å². The molecule has 0 aromatic carbocycles. The van der Waals surface area contributed by atoms with Crippen LogP contribution in [0.3, 0.4) is 0 Å². The maximum atomic E-state index is 11.1. The van der Waals surface area contributed by atoms with Crippen LogP contribution in [0, 0.1) is 0 Å². The van der Waals surface area contributed by atoms with Crippen LogP contribution in [0.2, 0.25) is 0 Å². The summed E-state index contributed by atoms with van der Waals surface area (Å²) < 4.78 is 0. The van der Waals surface area contributed by atoms with Crippen LogP contribution in [0.15, 0.2) is 0 Å². The first kappa shape index (κ1) is 12.4. The van der Waals surface area contributed by atoms with E-state index in [2.05, 4.69) is 22.2 Å². The number of carboxylic acids is 1.